The zero-order valence-electron chi connectivity index (χ0n) is 10.5. The average Bonchev–Trinajstić information content (AvgIpc) is 2.39. The minimum absolute atomic E-state index is 0.141. The van der Waals surface area contributed by atoms with Crippen molar-refractivity contribution >= 4 is 11.8 Å². The smallest absolute Gasteiger partial charge is 0.161 e. The van der Waals surface area contributed by atoms with E-state index in [4.69, 9.17) is 15.3 Å². The normalized spacial score (nSPS) is 12.2. The van der Waals surface area contributed by atoms with Crippen molar-refractivity contribution in [2.24, 2.45) is 5.84 Å². The lowest BCUT2D eigenvalue weighted by Gasteiger charge is -2.17. The van der Waals surface area contributed by atoms with Crippen LogP contribution in [0.4, 0.5) is 0 Å². The molecule has 0 bridgehead atoms. The van der Waals surface area contributed by atoms with Crippen LogP contribution in [0.5, 0.6) is 11.5 Å². The molecule has 1 atom stereocenters. The van der Waals surface area contributed by atoms with Crippen molar-refractivity contribution in [2.45, 2.75) is 12.5 Å². The fourth-order valence-electron chi connectivity index (χ4n) is 1.65. The number of methoxy groups -OCH3 is 2. The molecule has 0 aromatic heterocycles. The van der Waals surface area contributed by atoms with E-state index in [0.29, 0.717) is 0 Å². The van der Waals surface area contributed by atoms with E-state index in [1.54, 1.807) is 26.0 Å². The average molecular weight is 256 g/mol. The van der Waals surface area contributed by atoms with E-state index >= 15 is 0 Å². The summed E-state index contributed by atoms with van der Waals surface area (Å²) in [5.41, 5.74) is 3.94. The molecular formula is C12H20N2O2S. The lowest BCUT2D eigenvalue weighted by atomic mass is 10.0. The van der Waals surface area contributed by atoms with Gasteiger partial charge in [0, 0.05) is 6.04 Å². The topological polar surface area (TPSA) is 56.5 Å². The molecule has 1 rings (SSSR count). The maximum atomic E-state index is 5.58. The summed E-state index contributed by atoms with van der Waals surface area (Å²) in [6.07, 6.45) is 3.06. The van der Waals surface area contributed by atoms with Crippen LogP contribution in [0.1, 0.15) is 18.0 Å². The Morgan fingerprint density at radius 2 is 2.00 bits per heavy atom. The van der Waals surface area contributed by atoms with Gasteiger partial charge in [0.2, 0.25) is 0 Å². The van der Waals surface area contributed by atoms with Crippen molar-refractivity contribution in [1.82, 2.24) is 5.43 Å². The van der Waals surface area contributed by atoms with Gasteiger partial charge in [0.25, 0.3) is 0 Å². The first-order valence-corrected chi connectivity index (χ1v) is 6.83. The zero-order chi connectivity index (χ0) is 12.7. The Kier molecular flexibility index (Phi) is 6.18. The second-order valence-corrected chi connectivity index (χ2v) is 4.60. The molecule has 0 radical (unpaired) electrons. The summed E-state index contributed by atoms with van der Waals surface area (Å²) in [6.45, 7) is 0. The number of hydrogen-bond donors (Lipinski definition) is 2. The first kappa shape index (κ1) is 14.2. The van der Waals surface area contributed by atoms with Crippen molar-refractivity contribution in [1.29, 1.82) is 0 Å². The van der Waals surface area contributed by atoms with Gasteiger partial charge in [-0.15, -0.1) is 0 Å². The van der Waals surface area contributed by atoms with E-state index in [9.17, 15) is 0 Å². The van der Waals surface area contributed by atoms with E-state index in [-0.39, 0.29) is 6.04 Å². The van der Waals surface area contributed by atoms with Gasteiger partial charge >= 0.3 is 0 Å². The van der Waals surface area contributed by atoms with Gasteiger partial charge in [-0.2, -0.15) is 11.8 Å². The number of thioether (sulfide) groups is 1. The van der Waals surface area contributed by atoms with Gasteiger partial charge in [-0.25, -0.2) is 0 Å². The molecule has 1 unspecified atom stereocenters. The molecular weight excluding hydrogens is 236 g/mol. The number of hydrazine groups is 1. The molecule has 0 aliphatic rings. The lowest BCUT2D eigenvalue weighted by Crippen LogP contribution is -2.28. The number of nitrogens with two attached hydrogens (primary N) is 1. The molecule has 0 spiro atoms. The van der Waals surface area contributed by atoms with Crippen LogP contribution in [0, 0.1) is 0 Å². The number of ether oxygens (including phenoxy) is 2. The largest absolute Gasteiger partial charge is 0.493 e. The summed E-state index contributed by atoms with van der Waals surface area (Å²) in [6, 6.07) is 6.01. The summed E-state index contributed by atoms with van der Waals surface area (Å²) < 4.78 is 10.5. The molecule has 0 fully saturated rings. The first-order chi connectivity index (χ1) is 8.26. The summed E-state index contributed by atoms with van der Waals surface area (Å²) >= 11 is 1.81. The van der Waals surface area contributed by atoms with Crippen LogP contribution in [0.15, 0.2) is 18.2 Å². The molecule has 1 aromatic rings. The van der Waals surface area contributed by atoms with E-state index in [1.807, 2.05) is 18.2 Å². The van der Waals surface area contributed by atoms with Gasteiger partial charge in [0.05, 0.1) is 14.2 Å². The van der Waals surface area contributed by atoms with Gasteiger partial charge in [0.15, 0.2) is 11.5 Å². The Hall–Kier alpha value is -0.910. The third kappa shape index (κ3) is 3.80. The van der Waals surface area contributed by atoms with Crippen molar-refractivity contribution in [3.05, 3.63) is 23.8 Å². The summed E-state index contributed by atoms with van der Waals surface area (Å²) in [5, 5.41) is 0. The molecule has 0 aliphatic heterocycles. The van der Waals surface area contributed by atoms with Crippen molar-refractivity contribution in [3.63, 3.8) is 0 Å². The molecule has 17 heavy (non-hydrogen) atoms. The predicted octanol–water partition coefficient (Wildman–Crippen LogP) is 1.96. The molecule has 0 amide bonds. The van der Waals surface area contributed by atoms with Gasteiger partial charge in [-0.1, -0.05) is 6.07 Å². The minimum atomic E-state index is 0.141. The van der Waals surface area contributed by atoms with Crippen LogP contribution >= 0.6 is 11.8 Å². The fourth-order valence-corrected chi connectivity index (χ4v) is 2.12. The number of nitrogens with one attached hydrogen (secondary N) is 1. The number of benzene rings is 1. The molecule has 0 heterocycles. The molecule has 96 valence electrons. The van der Waals surface area contributed by atoms with E-state index in [0.717, 1.165) is 29.2 Å². The SMILES string of the molecule is COc1ccc(C(CCSC)NN)cc1OC. The summed E-state index contributed by atoms with van der Waals surface area (Å²) in [4.78, 5) is 0. The van der Waals surface area contributed by atoms with Crippen molar-refractivity contribution in [2.75, 3.05) is 26.2 Å². The van der Waals surface area contributed by atoms with E-state index in [1.165, 1.54) is 0 Å². The molecule has 0 aliphatic carbocycles. The maximum absolute atomic E-state index is 5.58. The maximum Gasteiger partial charge on any atom is 0.161 e. The zero-order valence-corrected chi connectivity index (χ0v) is 11.3. The van der Waals surface area contributed by atoms with E-state index < -0.39 is 0 Å². The third-order valence-electron chi connectivity index (χ3n) is 2.62. The molecule has 0 saturated carbocycles. The highest BCUT2D eigenvalue weighted by Crippen LogP contribution is 2.30. The Bertz CT molecular complexity index is 347. The predicted molar refractivity (Wildman–Crippen MR) is 72.6 cm³/mol. The highest BCUT2D eigenvalue weighted by atomic mass is 32.2. The highest BCUT2D eigenvalue weighted by molar-refractivity contribution is 7.98. The molecule has 1 aromatic carbocycles. The third-order valence-corrected chi connectivity index (χ3v) is 3.27. The van der Waals surface area contributed by atoms with Gasteiger partial charge in [0.1, 0.15) is 0 Å². The highest BCUT2D eigenvalue weighted by Gasteiger charge is 2.12. The lowest BCUT2D eigenvalue weighted by molar-refractivity contribution is 0.353. The fraction of sp³-hybridized carbons (Fsp3) is 0.500. The Labute approximate surface area is 107 Å². The van der Waals surface area contributed by atoms with Gasteiger partial charge in [-0.05, 0) is 36.1 Å². The molecule has 5 heteroatoms. The van der Waals surface area contributed by atoms with Crippen molar-refractivity contribution < 1.29 is 9.47 Å². The van der Waals surface area contributed by atoms with Crippen molar-refractivity contribution in [3.8, 4) is 11.5 Å². The van der Waals surface area contributed by atoms with Crippen LogP contribution < -0.4 is 20.7 Å². The van der Waals surface area contributed by atoms with E-state index in [2.05, 4.69) is 11.7 Å². The van der Waals surface area contributed by atoms with Crippen LogP contribution in [0.25, 0.3) is 0 Å². The van der Waals surface area contributed by atoms with Crippen LogP contribution in [0.2, 0.25) is 0 Å². The van der Waals surface area contributed by atoms with Gasteiger partial charge in [-0.3, -0.25) is 11.3 Å². The molecule has 3 N–H and O–H groups in total. The summed E-state index contributed by atoms with van der Waals surface area (Å²) in [7, 11) is 3.26. The summed E-state index contributed by atoms with van der Waals surface area (Å²) in [5.74, 6) is 8.10. The molecule has 0 saturated heterocycles. The Morgan fingerprint density at radius 3 is 2.53 bits per heavy atom. The second-order valence-electron chi connectivity index (χ2n) is 3.62. The molecule has 4 nitrogen and oxygen atoms in total. The Morgan fingerprint density at radius 1 is 1.29 bits per heavy atom. The monoisotopic (exact) mass is 256 g/mol. The standard InChI is InChI=1S/C12H20N2O2S/c1-15-11-5-4-9(8-12(11)16-2)10(14-13)6-7-17-3/h4-5,8,10,14H,6-7,13H2,1-3H3. The quantitative estimate of drug-likeness (QED) is 0.577. The second kappa shape index (κ2) is 7.42. The van der Waals surface area contributed by atoms with Crippen LogP contribution in [0.3, 0.4) is 0 Å². The van der Waals surface area contributed by atoms with Gasteiger partial charge < -0.3 is 9.47 Å². The minimum Gasteiger partial charge on any atom is -0.493 e. The number of hydrogen-bond acceptors (Lipinski definition) is 5. The first-order valence-electron chi connectivity index (χ1n) is 5.43. The van der Waals surface area contributed by atoms with Crippen LogP contribution in [-0.2, 0) is 0 Å². The number of rotatable bonds is 7. The van der Waals surface area contributed by atoms with Crippen LogP contribution in [-0.4, -0.2) is 26.2 Å². The Balaban J connectivity index is 2.88.